The molecular weight excluding hydrogens is 393 g/mol. The molecule has 4 aliphatic heterocycles. The van der Waals surface area contributed by atoms with E-state index < -0.39 is 0 Å². The van der Waals surface area contributed by atoms with Crippen LogP contribution in [0.4, 0.5) is 0 Å². The van der Waals surface area contributed by atoms with E-state index in [1.165, 1.54) is 42.6 Å². The number of thioether (sulfide) groups is 6. The van der Waals surface area contributed by atoms with Crippen LogP contribution >= 0.6 is 70.6 Å². The second-order valence-electron chi connectivity index (χ2n) is 5.13. The van der Waals surface area contributed by atoms with Crippen molar-refractivity contribution in [1.82, 2.24) is 0 Å². The molecule has 8 heteroatoms. The number of allylic oxidation sites excluding steroid dienone is 1. The zero-order valence-electron chi connectivity index (χ0n) is 11.5. The number of rotatable bonds is 0. The molecule has 0 unspecified atom stereocenters. The first-order valence-electron chi connectivity index (χ1n) is 7.14. The molecule has 0 spiro atoms. The summed E-state index contributed by atoms with van der Waals surface area (Å²) in [6, 6.07) is 0. The molecule has 0 atom stereocenters. The molecule has 0 aromatic carbocycles. The van der Waals surface area contributed by atoms with E-state index in [2.05, 4.69) is 0 Å². The van der Waals surface area contributed by atoms with Gasteiger partial charge < -0.3 is 9.47 Å². The van der Waals surface area contributed by atoms with Gasteiger partial charge in [-0.25, -0.2) is 0 Å². The van der Waals surface area contributed by atoms with Crippen LogP contribution in [0.2, 0.25) is 0 Å². The average molecular weight is 405 g/mol. The summed E-state index contributed by atoms with van der Waals surface area (Å²) >= 11 is 11.3. The zero-order valence-corrected chi connectivity index (χ0v) is 16.4. The summed E-state index contributed by atoms with van der Waals surface area (Å²) in [6.07, 6.45) is 5.39. The molecule has 1 aliphatic carbocycles. The van der Waals surface area contributed by atoms with Crippen LogP contribution in [0.1, 0.15) is 25.7 Å². The third kappa shape index (κ3) is 2.67. The maximum Gasteiger partial charge on any atom is 0.208 e. The first-order chi connectivity index (χ1) is 10.9. The molecule has 1 fully saturated rings. The molecule has 0 aromatic rings. The normalized spacial score (nSPS) is 27.6. The van der Waals surface area contributed by atoms with Gasteiger partial charge in [0, 0.05) is 0 Å². The lowest BCUT2D eigenvalue weighted by molar-refractivity contribution is 0.0949. The maximum absolute atomic E-state index is 5.68. The van der Waals surface area contributed by atoms with Gasteiger partial charge in [-0.2, -0.15) is 0 Å². The van der Waals surface area contributed by atoms with Gasteiger partial charge in [0.1, 0.15) is 13.2 Å². The van der Waals surface area contributed by atoms with Gasteiger partial charge in [-0.05, 0) is 54.8 Å². The van der Waals surface area contributed by atoms with Crippen LogP contribution < -0.4 is 0 Å². The summed E-state index contributed by atoms with van der Waals surface area (Å²) in [5, 5.41) is 1.92. The van der Waals surface area contributed by atoms with Crippen molar-refractivity contribution in [1.29, 1.82) is 0 Å². The molecule has 5 rings (SSSR count). The van der Waals surface area contributed by atoms with Crippen molar-refractivity contribution in [3.8, 4) is 0 Å². The van der Waals surface area contributed by atoms with Gasteiger partial charge in [0.05, 0.1) is 21.2 Å². The quantitative estimate of drug-likeness (QED) is 0.441. The molecule has 22 heavy (non-hydrogen) atoms. The topological polar surface area (TPSA) is 18.5 Å². The Morgan fingerprint density at radius 1 is 0.545 bits per heavy atom. The Morgan fingerprint density at radius 3 is 1.55 bits per heavy atom. The second-order valence-corrected chi connectivity index (χ2v) is 12.5. The maximum atomic E-state index is 5.68. The smallest absolute Gasteiger partial charge is 0.208 e. The van der Waals surface area contributed by atoms with E-state index in [4.69, 9.17) is 9.47 Å². The van der Waals surface area contributed by atoms with Crippen molar-refractivity contribution < 1.29 is 9.47 Å². The van der Waals surface area contributed by atoms with E-state index in [-0.39, 0.29) is 0 Å². The standard InChI is InChI=1S/C14H12O2S6/c1-2-4-7(3-1)10-19-13-14(20-10)22-12(21-13)11-17-8-9(18-11)16-6-5-15-8/h1-6H2. The molecule has 0 N–H and O–H groups in total. The molecule has 5 aliphatic rings. The van der Waals surface area contributed by atoms with Gasteiger partial charge in [0.15, 0.2) is 0 Å². The van der Waals surface area contributed by atoms with Crippen molar-refractivity contribution >= 4 is 70.6 Å². The Balaban J connectivity index is 1.31. The summed E-state index contributed by atoms with van der Waals surface area (Å²) in [5.41, 5.74) is 1.70. The molecule has 0 amide bonds. The van der Waals surface area contributed by atoms with Crippen molar-refractivity contribution in [3.05, 3.63) is 36.9 Å². The van der Waals surface area contributed by atoms with Gasteiger partial charge >= 0.3 is 0 Å². The van der Waals surface area contributed by atoms with Gasteiger partial charge in [0.2, 0.25) is 10.2 Å². The van der Waals surface area contributed by atoms with Crippen LogP contribution in [0.15, 0.2) is 36.9 Å². The minimum atomic E-state index is 0.673. The Bertz CT molecular complexity index is 625. The zero-order chi connectivity index (χ0) is 14.5. The minimum Gasteiger partial charge on any atom is -0.480 e. The fourth-order valence-corrected chi connectivity index (χ4v) is 11.7. The molecule has 0 bridgehead atoms. The first-order valence-corrected chi connectivity index (χ1v) is 12.0. The first kappa shape index (κ1) is 15.0. The molecule has 116 valence electrons. The Hall–Kier alpha value is 0.660. The van der Waals surface area contributed by atoms with Crippen LogP contribution in [0.25, 0.3) is 0 Å². The lowest BCUT2D eigenvalue weighted by Gasteiger charge is -2.13. The minimum absolute atomic E-state index is 0.673. The second kappa shape index (κ2) is 6.19. The molecule has 0 radical (unpaired) electrons. The van der Waals surface area contributed by atoms with Gasteiger partial charge in [-0.3, -0.25) is 0 Å². The summed E-state index contributed by atoms with van der Waals surface area (Å²) in [4.78, 5) is 0. The lowest BCUT2D eigenvalue weighted by atomic mass is 10.3. The summed E-state index contributed by atoms with van der Waals surface area (Å²) in [6.45, 7) is 1.35. The molecule has 0 aromatic heterocycles. The van der Waals surface area contributed by atoms with Crippen molar-refractivity contribution in [2.75, 3.05) is 13.2 Å². The number of hydrogen-bond acceptors (Lipinski definition) is 8. The van der Waals surface area contributed by atoms with E-state index in [0.29, 0.717) is 13.2 Å². The van der Waals surface area contributed by atoms with E-state index in [9.17, 15) is 0 Å². The van der Waals surface area contributed by atoms with Gasteiger partial charge in [-0.1, -0.05) is 47.0 Å². The third-order valence-corrected chi connectivity index (χ3v) is 12.4. The van der Waals surface area contributed by atoms with Crippen LogP contribution in [-0.4, -0.2) is 13.2 Å². The highest BCUT2D eigenvalue weighted by Crippen LogP contribution is 2.70. The third-order valence-electron chi connectivity index (χ3n) is 3.66. The molecular formula is C14H12O2S6. The van der Waals surface area contributed by atoms with E-state index in [0.717, 1.165) is 10.2 Å². The highest BCUT2D eigenvalue weighted by Gasteiger charge is 2.37. The molecule has 2 nitrogen and oxygen atoms in total. The largest absolute Gasteiger partial charge is 0.480 e. The fourth-order valence-electron chi connectivity index (χ4n) is 2.62. The monoisotopic (exact) mass is 404 g/mol. The summed E-state index contributed by atoms with van der Waals surface area (Å²) in [5.74, 6) is 0. The van der Waals surface area contributed by atoms with Crippen LogP contribution in [0, 0.1) is 0 Å². The highest BCUT2D eigenvalue weighted by molar-refractivity contribution is 8.49. The molecule has 1 saturated carbocycles. The Morgan fingerprint density at radius 2 is 1.00 bits per heavy atom. The molecule has 4 heterocycles. The van der Waals surface area contributed by atoms with Crippen LogP contribution in [-0.2, 0) is 9.47 Å². The highest BCUT2D eigenvalue weighted by atomic mass is 32.3. The predicted octanol–water partition coefficient (Wildman–Crippen LogP) is 6.64. The van der Waals surface area contributed by atoms with Gasteiger partial charge in [-0.15, -0.1) is 0 Å². The molecule has 0 saturated heterocycles. The van der Waals surface area contributed by atoms with Crippen molar-refractivity contribution in [2.45, 2.75) is 25.7 Å². The van der Waals surface area contributed by atoms with Crippen LogP contribution in [0.3, 0.4) is 0 Å². The SMILES string of the molecule is C1CCC(=C2SC3=C(S2)SC(=C2SC4=C(OCCO4)S2)S3)C1. The Kier molecular flexibility index (Phi) is 4.21. The van der Waals surface area contributed by atoms with E-state index in [1.54, 1.807) is 33.3 Å². The predicted molar refractivity (Wildman–Crippen MR) is 104 cm³/mol. The van der Waals surface area contributed by atoms with E-state index >= 15 is 0 Å². The average Bonchev–Trinajstić information content (AvgIpc) is 3.27. The van der Waals surface area contributed by atoms with Crippen molar-refractivity contribution in [3.63, 3.8) is 0 Å². The van der Waals surface area contributed by atoms with Crippen LogP contribution in [0.5, 0.6) is 0 Å². The number of ether oxygens (including phenoxy) is 2. The van der Waals surface area contributed by atoms with Gasteiger partial charge in [0.25, 0.3) is 0 Å². The number of hydrogen-bond donors (Lipinski definition) is 0. The van der Waals surface area contributed by atoms with E-state index in [1.807, 2.05) is 47.0 Å². The Labute approximate surface area is 155 Å². The van der Waals surface area contributed by atoms with Crippen molar-refractivity contribution in [2.24, 2.45) is 0 Å². The lowest BCUT2D eigenvalue weighted by Crippen LogP contribution is -2.08. The fraction of sp³-hybridized carbons (Fsp3) is 0.429. The summed E-state index contributed by atoms with van der Waals surface area (Å²) in [7, 11) is 0. The summed E-state index contributed by atoms with van der Waals surface area (Å²) < 4.78 is 18.6.